The van der Waals surface area contributed by atoms with E-state index in [1.165, 1.54) is 12.1 Å². The number of benzene rings is 1. The normalized spacial score (nSPS) is 17.0. The standard InChI is InChI=1S/C16H20FNO2.C2H6/c1-11-14(20-4)16(2,3)10-18(15(11)19)9-12-5-7-13(17)8-6-12;1-2/h5-8H,9-10H2,1-4H3;1-2H3. The van der Waals surface area contributed by atoms with Crippen LogP contribution < -0.4 is 0 Å². The number of methoxy groups -OCH3 is 1. The van der Waals surface area contributed by atoms with Crippen LogP contribution in [-0.4, -0.2) is 24.5 Å². The van der Waals surface area contributed by atoms with E-state index in [-0.39, 0.29) is 17.1 Å². The summed E-state index contributed by atoms with van der Waals surface area (Å²) in [6.45, 7) is 11.0. The first-order valence-corrected chi connectivity index (χ1v) is 7.64. The van der Waals surface area contributed by atoms with Crippen LogP contribution in [0.25, 0.3) is 0 Å². The fraction of sp³-hybridized carbons (Fsp3) is 0.500. The third-order valence-electron chi connectivity index (χ3n) is 3.64. The van der Waals surface area contributed by atoms with E-state index in [4.69, 9.17) is 4.74 Å². The summed E-state index contributed by atoms with van der Waals surface area (Å²) in [7, 11) is 1.60. The number of halogens is 1. The highest BCUT2D eigenvalue weighted by molar-refractivity contribution is 5.94. The lowest BCUT2D eigenvalue weighted by molar-refractivity contribution is -0.131. The van der Waals surface area contributed by atoms with Crippen LogP contribution in [0.3, 0.4) is 0 Å². The van der Waals surface area contributed by atoms with E-state index in [1.807, 2.05) is 13.8 Å². The minimum Gasteiger partial charge on any atom is -0.500 e. The van der Waals surface area contributed by atoms with Gasteiger partial charge in [-0.25, -0.2) is 4.39 Å². The smallest absolute Gasteiger partial charge is 0.253 e. The molecule has 0 unspecified atom stereocenters. The third kappa shape index (κ3) is 3.87. The topological polar surface area (TPSA) is 29.5 Å². The van der Waals surface area contributed by atoms with Crippen LogP contribution in [0.2, 0.25) is 0 Å². The molecule has 0 aromatic heterocycles. The molecule has 0 aliphatic carbocycles. The van der Waals surface area contributed by atoms with E-state index in [9.17, 15) is 9.18 Å². The van der Waals surface area contributed by atoms with Crippen LogP contribution in [0, 0.1) is 11.2 Å². The molecule has 0 saturated carbocycles. The van der Waals surface area contributed by atoms with Gasteiger partial charge in [-0.1, -0.05) is 39.8 Å². The third-order valence-corrected chi connectivity index (χ3v) is 3.64. The second kappa shape index (κ2) is 7.43. The molecule has 1 amide bonds. The van der Waals surface area contributed by atoms with Crippen molar-refractivity contribution in [1.82, 2.24) is 4.90 Å². The molecule has 4 heteroatoms. The quantitative estimate of drug-likeness (QED) is 0.840. The van der Waals surface area contributed by atoms with Gasteiger partial charge in [0.1, 0.15) is 11.6 Å². The average molecular weight is 307 g/mol. The fourth-order valence-corrected chi connectivity index (χ4v) is 2.83. The second-order valence-electron chi connectivity index (χ2n) is 5.83. The minimum absolute atomic E-state index is 0.0227. The lowest BCUT2D eigenvalue weighted by atomic mass is 9.84. The predicted octanol–water partition coefficient (Wildman–Crippen LogP) is 4.14. The Morgan fingerprint density at radius 1 is 1.23 bits per heavy atom. The number of nitrogens with zero attached hydrogens (tertiary/aromatic N) is 1. The predicted molar refractivity (Wildman–Crippen MR) is 86.7 cm³/mol. The number of carbonyl (C=O) groups is 1. The first-order chi connectivity index (χ1) is 10.3. The molecule has 0 saturated heterocycles. The largest absolute Gasteiger partial charge is 0.500 e. The zero-order valence-electron chi connectivity index (χ0n) is 14.4. The summed E-state index contributed by atoms with van der Waals surface area (Å²) in [6.07, 6.45) is 0. The van der Waals surface area contributed by atoms with Crippen LogP contribution in [0.1, 0.15) is 40.2 Å². The lowest BCUT2D eigenvalue weighted by Crippen LogP contribution is -2.45. The maximum atomic E-state index is 12.9. The molecule has 0 bridgehead atoms. The van der Waals surface area contributed by atoms with E-state index in [1.54, 1.807) is 31.1 Å². The van der Waals surface area contributed by atoms with Gasteiger partial charge in [0.05, 0.1) is 12.7 Å². The number of ether oxygens (including phenoxy) is 1. The van der Waals surface area contributed by atoms with Crippen LogP contribution >= 0.6 is 0 Å². The molecule has 22 heavy (non-hydrogen) atoms. The van der Waals surface area contributed by atoms with E-state index >= 15 is 0 Å². The van der Waals surface area contributed by atoms with Crippen LogP contribution in [0.15, 0.2) is 35.6 Å². The molecule has 1 aliphatic heterocycles. The van der Waals surface area contributed by atoms with Crippen LogP contribution in [-0.2, 0) is 16.1 Å². The molecule has 0 atom stereocenters. The average Bonchev–Trinajstić information content (AvgIpc) is 2.49. The van der Waals surface area contributed by atoms with Gasteiger partial charge in [-0.05, 0) is 24.6 Å². The Hall–Kier alpha value is -1.84. The van der Waals surface area contributed by atoms with Crippen molar-refractivity contribution in [2.24, 2.45) is 5.41 Å². The molecule has 3 nitrogen and oxygen atoms in total. The Morgan fingerprint density at radius 2 is 1.77 bits per heavy atom. The molecule has 1 aromatic carbocycles. The molecule has 1 heterocycles. The lowest BCUT2D eigenvalue weighted by Gasteiger charge is -2.39. The van der Waals surface area contributed by atoms with Crippen molar-refractivity contribution in [2.75, 3.05) is 13.7 Å². The molecule has 0 N–H and O–H groups in total. The Kier molecular flexibility index (Phi) is 6.15. The molecular weight excluding hydrogens is 281 g/mol. The second-order valence-corrected chi connectivity index (χ2v) is 5.83. The van der Waals surface area contributed by atoms with Gasteiger partial charge in [0, 0.05) is 18.5 Å². The molecule has 0 spiro atoms. The summed E-state index contributed by atoms with van der Waals surface area (Å²) in [5.41, 5.74) is 1.35. The number of hydrogen-bond donors (Lipinski definition) is 0. The maximum Gasteiger partial charge on any atom is 0.253 e. The number of amides is 1. The van der Waals surface area contributed by atoms with Crippen molar-refractivity contribution in [1.29, 1.82) is 0 Å². The summed E-state index contributed by atoms with van der Waals surface area (Å²) in [6, 6.07) is 6.25. The Labute approximate surface area is 132 Å². The zero-order chi connectivity index (χ0) is 16.9. The van der Waals surface area contributed by atoms with Gasteiger partial charge in [-0.3, -0.25) is 4.79 Å². The van der Waals surface area contributed by atoms with Crippen molar-refractivity contribution >= 4 is 5.91 Å². The summed E-state index contributed by atoms with van der Waals surface area (Å²) in [5, 5.41) is 0. The van der Waals surface area contributed by atoms with Crippen molar-refractivity contribution in [2.45, 2.75) is 41.2 Å². The molecule has 1 aromatic rings. The highest BCUT2D eigenvalue weighted by atomic mass is 19.1. The number of rotatable bonds is 3. The zero-order valence-corrected chi connectivity index (χ0v) is 14.4. The van der Waals surface area contributed by atoms with Gasteiger partial charge in [0.15, 0.2) is 0 Å². The number of hydrogen-bond acceptors (Lipinski definition) is 2. The first kappa shape index (κ1) is 18.2. The van der Waals surface area contributed by atoms with E-state index in [0.717, 1.165) is 11.3 Å². The van der Waals surface area contributed by atoms with Crippen LogP contribution in [0.4, 0.5) is 4.39 Å². The Balaban J connectivity index is 0.00000116. The summed E-state index contributed by atoms with van der Waals surface area (Å²) in [4.78, 5) is 14.2. The molecule has 0 radical (unpaired) electrons. The first-order valence-electron chi connectivity index (χ1n) is 7.64. The molecule has 122 valence electrons. The minimum atomic E-state index is -0.267. The van der Waals surface area contributed by atoms with Crippen molar-refractivity contribution in [3.8, 4) is 0 Å². The van der Waals surface area contributed by atoms with Crippen molar-refractivity contribution in [3.63, 3.8) is 0 Å². The van der Waals surface area contributed by atoms with E-state index in [0.29, 0.717) is 18.7 Å². The van der Waals surface area contributed by atoms with Gasteiger partial charge in [-0.15, -0.1) is 0 Å². The summed E-state index contributed by atoms with van der Waals surface area (Å²) in [5.74, 6) is 0.458. The molecule has 2 rings (SSSR count). The molecular formula is C18H26FNO2. The SMILES string of the molecule is CC.COC1=C(C)C(=O)N(Cc2ccc(F)cc2)CC1(C)C. The fourth-order valence-electron chi connectivity index (χ4n) is 2.83. The van der Waals surface area contributed by atoms with Gasteiger partial charge in [-0.2, -0.15) is 0 Å². The Bertz CT molecular complexity index is 547. The van der Waals surface area contributed by atoms with Crippen molar-refractivity contribution < 1.29 is 13.9 Å². The van der Waals surface area contributed by atoms with Crippen LogP contribution in [0.5, 0.6) is 0 Å². The Morgan fingerprint density at radius 3 is 2.27 bits per heavy atom. The van der Waals surface area contributed by atoms with E-state index in [2.05, 4.69) is 13.8 Å². The monoisotopic (exact) mass is 307 g/mol. The van der Waals surface area contributed by atoms with Gasteiger partial charge in [0.25, 0.3) is 5.91 Å². The summed E-state index contributed by atoms with van der Waals surface area (Å²) >= 11 is 0. The number of carbonyl (C=O) groups excluding carboxylic acids is 1. The van der Waals surface area contributed by atoms with Gasteiger partial charge in [0.2, 0.25) is 0 Å². The van der Waals surface area contributed by atoms with Crippen molar-refractivity contribution in [3.05, 3.63) is 47.0 Å². The van der Waals surface area contributed by atoms with Gasteiger partial charge >= 0.3 is 0 Å². The highest BCUT2D eigenvalue weighted by Gasteiger charge is 2.38. The molecule has 0 fully saturated rings. The highest BCUT2D eigenvalue weighted by Crippen LogP contribution is 2.35. The molecule has 1 aliphatic rings. The maximum absolute atomic E-state index is 12.9. The van der Waals surface area contributed by atoms with E-state index < -0.39 is 0 Å². The van der Waals surface area contributed by atoms with Gasteiger partial charge < -0.3 is 9.64 Å². The summed E-state index contributed by atoms with van der Waals surface area (Å²) < 4.78 is 18.3.